The lowest BCUT2D eigenvalue weighted by Crippen LogP contribution is -2.45. The zero-order valence-corrected chi connectivity index (χ0v) is 14.5. The van der Waals surface area contributed by atoms with Gasteiger partial charge >= 0.3 is 0 Å². The number of aromatic nitrogens is 1. The van der Waals surface area contributed by atoms with Gasteiger partial charge in [-0.05, 0) is 49.6 Å². The van der Waals surface area contributed by atoms with E-state index in [1.165, 1.54) is 0 Å². The number of nitrogens with zero attached hydrogens (tertiary/aromatic N) is 1. The lowest BCUT2D eigenvalue weighted by molar-refractivity contribution is 0.0451. The van der Waals surface area contributed by atoms with Gasteiger partial charge < -0.3 is 10.4 Å². The predicted molar refractivity (Wildman–Crippen MR) is 97.2 cm³/mol. The molecule has 1 heterocycles. The van der Waals surface area contributed by atoms with E-state index >= 15 is 0 Å². The number of carbonyl (C=O) groups excluding carboxylic acids is 1. The first-order valence-electron chi connectivity index (χ1n) is 8.27. The molecule has 3 rings (SSSR count). The van der Waals surface area contributed by atoms with Crippen LogP contribution < -0.4 is 5.32 Å². The van der Waals surface area contributed by atoms with Gasteiger partial charge in [0, 0.05) is 29.2 Å². The summed E-state index contributed by atoms with van der Waals surface area (Å²) in [6.45, 7) is 0. The molecule has 0 radical (unpaired) electrons. The monoisotopic (exact) mass is 354 g/mol. The van der Waals surface area contributed by atoms with Crippen molar-refractivity contribution in [3.05, 3.63) is 64.9 Å². The molecule has 128 valence electrons. The first kappa shape index (κ1) is 17.5. The maximum atomic E-state index is 12.2. The summed E-state index contributed by atoms with van der Waals surface area (Å²) in [5.74, 6) is 5.73. The van der Waals surface area contributed by atoms with Crippen LogP contribution in [0.1, 0.15) is 41.7 Å². The van der Waals surface area contributed by atoms with E-state index in [0.717, 1.165) is 18.4 Å². The zero-order chi connectivity index (χ0) is 17.7. The first-order chi connectivity index (χ1) is 12.0. The molecule has 4 nitrogen and oxygen atoms in total. The third-order valence-electron chi connectivity index (χ3n) is 4.22. The van der Waals surface area contributed by atoms with E-state index in [1.807, 2.05) is 12.1 Å². The van der Waals surface area contributed by atoms with Gasteiger partial charge in [-0.1, -0.05) is 35.6 Å². The largest absolute Gasteiger partial charge is 0.378 e. The first-order valence-corrected chi connectivity index (χ1v) is 8.65. The van der Waals surface area contributed by atoms with Gasteiger partial charge in [-0.25, -0.2) is 0 Å². The van der Waals surface area contributed by atoms with E-state index in [0.29, 0.717) is 23.6 Å². The van der Waals surface area contributed by atoms with Crippen LogP contribution in [0.2, 0.25) is 5.02 Å². The maximum absolute atomic E-state index is 12.2. The number of nitrogens with one attached hydrogen (secondary N) is 1. The fourth-order valence-corrected chi connectivity index (χ4v) is 3.19. The Morgan fingerprint density at radius 2 is 2.20 bits per heavy atom. The average molecular weight is 355 g/mol. The molecule has 1 aromatic heterocycles. The van der Waals surface area contributed by atoms with Gasteiger partial charge in [0.1, 0.15) is 11.3 Å². The summed E-state index contributed by atoms with van der Waals surface area (Å²) in [6, 6.07) is 12.3. The summed E-state index contributed by atoms with van der Waals surface area (Å²) in [4.78, 5) is 16.3. The summed E-state index contributed by atoms with van der Waals surface area (Å²) < 4.78 is 0. The van der Waals surface area contributed by atoms with Crippen molar-refractivity contribution in [1.82, 2.24) is 10.3 Å². The summed E-state index contributed by atoms with van der Waals surface area (Å²) in [5, 5.41) is 14.3. The number of hydrogen-bond acceptors (Lipinski definition) is 3. The molecule has 2 aromatic rings. The summed E-state index contributed by atoms with van der Waals surface area (Å²) in [5.41, 5.74) is 0.0324. The molecule has 1 aromatic carbocycles. The maximum Gasteiger partial charge on any atom is 0.270 e. The lowest BCUT2D eigenvalue weighted by atomic mass is 9.82. The standard InChI is InChI=1S/C20H19ClN2O2/c21-16-6-3-5-15(13-16)9-11-20(25)10-4-7-17(14-20)23-19(24)18-8-1-2-12-22-18/h1-3,5-6,8,12-13,17,25H,4,7,10,14H2,(H,23,24)/t17-,20?/m1/s1. The number of rotatable bonds is 2. The van der Waals surface area contributed by atoms with E-state index < -0.39 is 5.60 Å². The Kier molecular flexibility index (Phi) is 5.37. The summed E-state index contributed by atoms with van der Waals surface area (Å²) in [6.07, 6.45) is 4.20. The van der Waals surface area contributed by atoms with Gasteiger partial charge in [0.15, 0.2) is 0 Å². The zero-order valence-electron chi connectivity index (χ0n) is 13.7. The molecule has 1 fully saturated rings. The fourth-order valence-electron chi connectivity index (χ4n) is 3.00. The van der Waals surface area contributed by atoms with Crippen LogP contribution in [-0.4, -0.2) is 27.6 Å². The number of pyridine rings is 1. The molecular weight excluding hydrogens is 336 g/mol. The average Bonchev–Trinajstić information content (AvgIpc) is 2.61. The number of halogens is 1. The molecule has 1 aliphatic rings. The van der Waals surface area contributed by atoms with Crippen LogP contribution in [0.5, 0.6) is 0 Å². The van der Waals surface area contributed by atoms with E-state index in [4.69, 9.17) is 11.6 Å². The van der Waals surface area contributed by atoms with Gasteiger partial charge in [0.25, 0.3) is 5.91 Å². The third kappa shape index (κ3) is 4.82. The predicted octanol–water partition coefficient (Wildman–Crippen LogP) is 3.19. The second kappa shape index (κ2) is 7.69. The quantitative estimate of drug-likeness (QED) is 0.814. The Labute approximate surface area is 152 Å². The van der Waals surface area contributed by atoms with E-state index in [9.17, 15) is 9.90 Å². The van der Waals surface area contributed by atoms with Gasteiger partial charge in [-0.2, -0.15) is 0 Å². The third-order valence-corrected chi connectivity index (χ3v) is 4.46. The van der Waals surface area contributed by atoms with Crippen molar-refractivity contribution in [3.8, 4) is 11.8 Å². The highest BCUT2D eigenvalue weighted by molar-refractivity contribution is 6.30. The fraction of sp³-hybridized carbons (Fsp3) is 0.300. The Morgan fingerprint density at radius 1 is 1.32 bits per heavy atom. The van der Waals surface area contributed by atoms with E-state index in [-0.39, 0.29) is 11.9 Å². The minimum atomic E-state index is -1.11. The molecular formula is C20H19ClN2O2. The van der Waals surface area contributed by atoms with Gasteiger partial charge in [-0.15, -0.1) is 0 Å². The van der Waals surface area contributed by atoms with Crippen LogP contribution in [-0.2, 0) is 0 Å². The second-order valence-electron chi connectivity index (χ2n) is 6.27. The highest BCUT2D eigenvalue weighted by Gasteiger charge is 2.33. The van der Waals surface area contributed by atoms with Crippen molar-refractivity contribution in [2.75, 3.05) is 0 Å². The molecule has 1 unspecified atom stereocenters. The highest BCUT2D eigenvalue weighted by atomic mass is 35.5. The van der Waals surface area contributed by atoms with Crippen molar-refractivity contribution >= 4 is 17.5 Å². The molecule has 1 aliphatic carbocycles. The Hall–Kier alpha value is -2.35. The number of hydrogen-bond donors (Lipinski definition) is 2. The van der Waals surface area contributed by atoms with Crippen molar-refractivity contribution in [3.63, 3.8) is 0 Å². The van der Waals surface area contributed by atoms with Crippen molar-refractivity contribution in [1.29, 1.82) is 0 Å². The van der Waals surface area contributed by atoms with Crippen LogP contribution in [0.15, 0.2) is 48.7 Å². The van der Waals surface area contributed by atoms with E-state index in [2.05, 4.69) is 22.1 Å². The minimum Gasteiger partial charge on any atom is -0.378 e. The topological polar surface area (TPSA) is 62.2 Å². The molecule has 25 heavy (non-hydrogen) atoms. The number of amides is 1. The van der Waals surface area contributed by atoms with Crippen LogP contribution in [0.25, 0.3) is 0 Å². The Morgan fingerprint density at radius 3 is 2.96 bits per heavy atom. The second-order valence-corrected chi connectivity index (χ2v) is 6.71. The van der Waals surface area contributed by atoms with Crippen LogP contribution in [0.3, 0.4) is 0 Å². The summed E-state index contributed by atoms with van der Waals surface area (Å²) >= 11 is 5.96. The normalized spacial score (nSPS) is 22.6. The Bertz CT molecular complexity index is 813. The minimum absolute atomic E-state index is 0.123. The smallest absolute Gasteiger partial charge is 0.270 e. The molecule has 1 saturated carbocycles. The highest BCUT2D eigenvalue weighted by Crippen LogP contribution is 2.28. The SMILES string of the molecule is O=C(N[C@@H]1CCCC(O)(C#Cc2cccc(Cl)c2)C1)c1ccccn1. The molecule has 0 spiro atoms. The van der Waals surface area contributed by atoms with Crippen LogP contribution >= 0.6 is 11.6 Å². The van der Waals surface area contributed by atoms with Crippen LogP contribution in [0, 0.1) is 11.8 Å². The van der Waals surface area contributed by atoms with Gasteiger partial charge in [0.2, 0.25) is 0 Å². The molecule has 0 bridgehead atoms. The molecule has 5 heteroatoms. The summed E-state index contributed by atoms with van der Waals surface area (Å²) in [7, 11) is 0. The van der Waals surface area contributed by atoms with Gasteiger partial charge in [-0.3, -0.25) is 9.78 Å². The van der Waals surface area contributed by atoms with Crippen molar-refractivity contribution < 1.29 is 9.90 Å². The number of carbonyl (C=O) groups is 1. The molecule has 2 atom stereocenters. The van der Waals surface area contributed by atoms with Crippen molar-refractivity contribution in [2.24, 2.45) is 0 Å². The lowest BCUT2D eigenvalue weighted by Gasteiger charge is -2.33. The number of benzene rings is 1. The molecule has 2 N–H and O–H groups in total. The van der Waals surface area contributed by atoms with Crippen LogP contribution in [0.4, 0.5) is 0 Å². The van der Waals surface area contributed by atoms with Gasteiger partial charge in [0.05, 0.1) is 0 Å². The van der Waals surface area contributed by atoms with Crippen molar-refractivity contribution in [2.45, 2.75) is 37.3 Å². The molecule has 1 amide bonds. The Balaban J connectivity index is 1.67. The number of aliphatic hydroxyl groups is 1. The molecule has 0 saturated heterocycles. The van der Waals surface area contributed by atoms with E-state index in [1.54, 1.807) is 36.5 Å². The molecule has 0 aliphatic heterocycles.